The Hall–Kier alpha value is -1.14. The summed E-state index contributed by atoms with van der Waals surface area (Å²) in [7, 11) is 0. The van der Waals surface area contributed by atoms with Crippen LogP contribution in [-0.4, -0.2) is 9.55 Å². The highest BCUT2D eigenvalue weighted by atomic mass is 127. The van der Waals surface area contributed by atoms with Gasteiger partial charge < -0.3 is 4.98 Å². The fourth-order valence-corrected chi connectivity index (χ4v) is 2.83. The molecule has 0 aliphatic rings. The molecule has 1 heterocycles. The summed E-state index contributed by atoms with van der Waals surface area (Å²) in [5.74, 6) is 0. The Kier molecular flexibility index (Phi) is 2.99. The Morgan fingerprint density at radius 2 is 1.83 bits per heavy atom. The van der Waals surface area contributed by atoms with Crippen LogP contribution < -0.4 is 0 Å². The molecular formula is C14H11IN2S. The highest BCUT2D eigenvalue weighted by molar-refractivity contribution is 14.1. The number of fused-ring (bicyclic) bond motifs is 1. The highest BCUT2D eigenvalue weighted by Crippen LogP contribution is 2.23. The molecule has 0 fully saturated rings. The van der Waals surface area contributed by atoms with E-state index in [0.29, 0.717) is 0 Å². The first-order valence-corrected chi connectivity index (χ1v) is 7.12. The van der Waals surface area contributed by atoms with E-state index in [9.17, 15) is 0 Å². The van der Waals surface area contributed by atoms with Crippen LogP contribution in [0.3, 0.4) is 0 Å². The Labute approximate surface area is 124 Å². The van der Waals surface area contributed by atoms with Crippen LogP contribution in [0.1, 0.15) is 5.56 Å². The van der Waals surface area contributed by atoms with Crippen LogP contribution in [0.25, 0.3) is 16.7 Å². The zero-order chi connectivity index (χ0) is 12.7. The zero-order valence-corrected chi connectivity index (χ0v) is 12.7. The fraction of sp³-hybridized carbons (Fsp3) is 0.0714. The van der Waals surface area contributed by atoms with Gasteiger partial charge in [-0.25, -0.2) is 0 Å². The lowest BCUT2D eigenvalue weighted by molar-refractivity contribution is 1.06. The SMILES string of the molecule is Cc1cccc2[nH]c(=S)n(-c3ccc(I)cc3)c12. The minimum Gasteiger partial charge on any atom is -0.330 e. The van der Waals surface area contributed by atoms with Gasteiger partial charge in [-0.2, -0.15) is 0 Å². The molecule has 0 aliphatic heterocycles. The summed E-state index contributed by atoms with van der Waals surface area (Å²) in [6.07, 6.45) is 0. The number of aromatic nitrogens is 2. The molecule has 0 bridgehead atoms. The van der Waals surface area contributed by atoms with Gasteiger partial charge in [0.05, 0.1) is 11.0 Å². The molecule has 4 heteroatoms. The second-order valence-corrected chi connectivity index (χ2v) is 5.85. The lowest BCUT2D eigenvalue weighted by atomic mass is 10.2. The van der Waals surface area contributed by atoms with Gasteiger partial charge in [-0.3, -0.25) is 4.57 Å². The molecule has 3 rings (SSSR count). The topological polar surface area (TPSA) is 20.7 Å². The van der Waals surface area contributed by atoms with Crippen molar-refractivity contribution in [2.24, 2.45) is 0 Å². The Morgan fingerprint density at radius 3 is 2.56 bits per heavy atom. The van der Waals surface area contributed by atoms with E-state index in [1.54, 1.807) is 0 Å². The van der Waals surface area contributed by atoms with E-state index >= 15 is 0 Å². The second-order valence-electron chi connectivity index (χ2n) is 4.21. The van der Waals surface area contributed by atoms with Crippen molar-refractivity contribution in [1.82, 2.24) is 9.55 Å². The molecule has 0 atom stereocenters. The number of nitrogens with one attached hydrogen (secondary N) is 1. The molecule has 0 aliphatic carbocycles. The van der Waals surface area contributed by atoms with Crippen molar-refractivity contribution in [1.29, 1.82) is 0 Å². The third-order valence-corrected chi connectivity index (χ3v) is 3.99. The first-order valence-electron chi connectivity index (χ1n) is 5.63. The van der Waals surface area contributed by atoms with Crippen LogP contribution in [0.2, 0.25) is 0 Å². The van der Waals surface area contributed by atoms with Gasteiger partial charge in [-0.1, -0.05) is 12.1 Å². The molecule has 90 valence electrons. The smallest absolute Gasteiger partial charge is 0.182 e. The largest absolute Gasteiger partial charge is 0.330 e. The van der Waals surface area contributed by atoms with Gasteiger partial charge in [-0.15, -0.1) is 0 Å². The summed E-state index contributed by atoms with van der Waals surface area (Å²) >= 11 is 7.74. The van der Waals surface area contributed by atoms with Crippen LogP contribution in [0, 0.1) is 15.3 Å². The summed E-state index contributed by atoms with van der Waals surface area (Å²) in [5, 5.41) is 0. The van der Waals surface area contributed by atoms with Gasteiger partial charge in [0, 0.05) is 9.26 Å². The van der Waals surface area contributed by atoms with Crippen molar-refractivity contribution in [3.05, 3.63) is 56.4 Å². The number of para-hydroxylation sites is 1. The van der Waals surface area contributed by atoms with Crippen LogP contribution in [0.5, 0.6) is 0 Å². The number of hydrogen-bond donors (Lipinski definition) is 1. The number of H-pyrrole nitrogens is 1. The van der Waals surface area contributed by atoms with Crippen LogP contribution in [-0.2, 0) is 0 Å². The van der Waals surface area contributed by atoms with E-state index < -0.39 is 0 Å². The fourth-order valence-electron chi connectivity index (χ4n) is 2.17. The molecule has 2 aromatic carbocycles. The predicted octanol–water partition coefficient (Wildman–Crippen LogP) is 4.60. The summed E-state index contributed by atoms with van der Waals surface area (Å²) in [6, 6.07) is 14.6. The van der Waals surface area contributed by atoms with Crippen molar-refractivity contribution in [2.75, 3.05) is 0 Å². The van der Waals surface area contributed by atoms with Crippen LogP contribution >= 0.6 is 34.8 Å². The summed E-state index contributed by atoms with van der Waals surface area (Å²) in [5.41, 5.74) is 4.56. The van der Waals surface area contributed by atoms with Crippen LogP contribution in [0.15, 0.2) is 42.5 Å². The minimum absolute atomic E-state index is 0.737. The number of rotatable bonds is 1. The summed E-state index contributed by atoms with van der Waals surface area (Å²) < 4.78 is 4.05. The molecule has 0 saturated heterocycles. The standard InChI is InChI=1S/C14H11IN2S/c1-9-3-2-4-12-13(9)17(14(18)16-12)11-7-5-10(15)6-8-11/h2-8H,1H3,(H,16,18). The third-order valence-electron chi connectivity index (χ3n) is 2.99. The lowest BCUT2D eigenvalue weighted by Crippen LogP contribution is -1.95. The Bertz CT molecular complexity index is 769. The van der Waals surface area contributed by atoms with Gasteiger partial charge in [0.2, 0.25) is 0 Å². The highest BCUT2D eigenvalue weighted by Gasteiger charge is 2.08. The zero-order valence-electron chi connectivity index (χ0n) is 9.77. The number of benzene rings is 2. The average Bonchev–Trinajstić information content (AvgIpc) is 2.68. The van der Waals surface area contributed by atoms with E-state index in [0.717, 1.165) is 21.5 Å². The summed E-state index contributed by atoms with van der Waals surface area (Å²) in [6.45, 7) is 2.11. The maximum Gasteiger partial charge on any atom is 0.182 e. The minimum atomic E-state index is 0.737. The van der Waals surface area contributed by atoms with Crippen molar-refractivity contribution in [3.8, 4) is 5.69 Å². The van der Waals surface area contributed by atoms with Crippen LogP contribution in [0.4, 0.5) is 0 Å². The number of hydrogen-bond acceptors (Lipinski definition) is 1. The molecule has 2 nitrogen and oxygen atoms in total. The number of imidazole rings is 1. The lowest BCUT2D eigenvalue weighted by Gasteiger charge is -2.06. The van der Waals surface area contributed by atoms with Gasteiger partial charge in [0.15, 0.2) is 4.77 Å². The van der Waals surface area contributed by atoms with Crippen molar-refractivity contribution < 1.29 is 0 Å². The number of aromatic amines is 1. The predicted molar refractivity (Wildman–Crippen MR) is 85.9 cm³/mol. The van der Waals surface area contributed by atoms with Crippen molar-refractivity contribution in [3.63, 3.8) is 0 Å². The molecule has 0 unspecified atom stereocenters. The first-order chi connectivity index (χ1) is 8.66. The van der Waals surface area contributed by atoms with E-state index in [1.165, 1.54) is 9.13 Å². The average molecular weight is 366 g/mol. The molecule has 0 saturated carbocycles. The maximum absolute atomic E-state index is 5.43. The van der Waals surface area contributed by atoms with E-state index in [2.05, 4.69) is 75.5 Å². The molecule has 3 aromatic rings. The molecule has 1 N–H and O–H groups in total. The van der Waals surface area contributed by atoms with Gasteiger partial charge in [-0.05, 0) is 77.6 Å². The number of aryl methyl sites for hydroxylation is 1. The molecule has 0 spiro atoms. The third kappa shape index (κ3) is 1.89. The van der Waals surface area contributed by atoms with Gasteiger partial charge >= 0.3 is 0 Å². The summed E-state index contributed by atoms with van der Waals surface area (Å²) in [4.78, 5) is 3.26. The number of halogens is 1. The van der Waals surface area contributed by atoms with Gasteiger partial charge in [0.25, 0.3) is 0 Å². The van der Waals surface area contributed by atoms with E-state index in [4.69, 9.17) is 12.2 Å². The monoisotopic (exact) mass is 366 g/mol. The second kappa shape index (κ2) is 4.51. The first kappa shape index (κ1) is 11.9. The van der Waals surface area contributed by atoms with Crippen molar-refractivity contribution in [2.45, 2.75) is 6.92 Å². The normalized spacial score (nSPS) is 11.0. The van der Waals surface area contributed by atoms with E-state index in [1.807, 2.05) is 6.07 Å². The molecule has 18 heavy (non-hydrogen) atoms. The quantitative estimate of drug-likeness (QED) is 0.493. The van der Waals surface area contributed by atoms with Gasteiger partial charge in [0.1, 0.15) is 0 Å². The molecule has 1 aromatic heterocycles. The molecule has 0 radical (unpaired) electrons. The van der Waals surface area contributed by atoms with Crippen molar-refractivity contribution >= 4 is 45.8 Å². The molecule has 0 amide bonds. The Balaban J connectivity index is 2.38. The molecular weight excluding hydrogens is 355 g/mol. The maximum atomic E-state index is 5.43. The van der Waals surface area contributed by atoms with E-state index in [-0.39, 0.29) is 0 Å². The number of nitrogens with zero attached hydrogens (tertiary/aromatic N) is 1. The Morgan fingerprint density at radius 1 is 1.11 bits per heavy atom.